The number of ether oxygens (including phenoxy) is 1. The topological polar surface area (TPSA) is 76.1 Å². The van der Waals surface area contributed by atoms with Gasteiger partial charge in [-0.1, -0.05) is 12.1 Å². The van der Waals surface area contributed by atoms with E-state index >= 15 is 0 Å². The third-order valence-corrected chi connectivity index (χ3v) is 2.43. The van der Waals surface area contributed by atoms with Gasteiger partial charge in [0.05, 0.1) is 5.69 Å². The average molecular weight is 304 g/mol. The van der Waals surface area contributed by atoms with Crippen LogP contribution in [0.2, 0.25) is 0 Å². The lowest BCUT2D eigenvalue weighted by Gasteiger charge is -2.19. The molecule has 0 bridgehead atoms. The molecule has 2 N–H and O–H groups in total. The molecule has 1 aromatic heterocycles. The summed E-state index contributed by atoms with van der Waals surface area (Å²) < 4.78 is 18.6. The number of amides is 1. The van der Waals surface area contributed by atoms with Gasteiger partial charge in [0.25, 0.3) is 0 Å². The minimum atomic E-state index is -0.614. The van der Waals surface area contributed by atoms with Gasteiger partial charge in [-0.05, 0) is 45.0 Å². The molecule has 2 rings (SSSR count). The van der Waals surface area contributed by atoms with Crippen LogP contribution in [-0.4, -0.2) is 21.9 Å². The SMILES string of the molecule is CC(C)(C)OC(=O)Nc1ccc(Nc2ccccc2F)nn1. The number of hydrogen-bond donors (Lipinski definition) is 2. The first-order chi connectivity index (χ1) is 10.3. The van der Waals surface area contributed by atoms with Gasteiger partial charge in [-0.25, -0.2) is 9.18 Å². The molecule has 0 radical (unpaired) electrons. The Hall–Kier alpha value is -2.70. The van der Waals surface area contributed by atoms with Crippen LogP contribution in [0, 0.1) is 5.82 Å². The minimum Gasteiger partial charge on any atom is -0.444 e. The highest BCUT2D eigenvalue weighted by molar-refractivity contribution is 5.83. The van der Waals surface area contributed by atoms with Crippen molar-refractivity contribution in [3.05, 3.63) is 42.2 Å². The quantitative estimate of drug-likeness (QED) is 0.904. The summed E-state index contributed by atoms with van der Waals surface area (Å²) in [6, 6.07) is 9.35. The number of para-hydroxylation sites is 1. The second-order valence-corrected chi connectivity index (χ2v) is 5.54. The molecule has 0 unspecified atom stereocenters. The zero-order chi connectivity index (χ0) is 16.2. The number of nitrogens with one attached hydrogen (secondary N) is 2. The minimum absolute atomic E-state index is 0.244. The van der Waals surface area contributed by atoms with E-state index < -0.39 is 11.7 Å². The molecule has 7 heteroatoms. The molecular weight excluding hydrogens is 287 g/mol. The first kappa shape index (κ1) is 15.7. The standard InChI is InChI=1S/C15H17FN4O2/c1-15(2,3)22-14(21)18-13-9-8-12(19-20-13)17-11-7-5-4-6-10(11)16/h4-9H,1-3H3,(H,17,19)(H,18,20,21). The van der Waals surface area contributed by atoms with Crippen molar-refractivity contribution in [3.63, 3.8) is 0 Å². The van der Waals surface area contributed by atoms with E-state index in [1.54, 1.807) is 51.1 Å². The van der Waals surface area contributed by atoms with Crippen LogP contribution in [0.1, 0.15) is 20.8 Å². The highest BCUT2D eigenvalue weighted by Gasteiger charge is 2.16. The van der Waals surface area contributed by atoms with Crippen LogP contribution in [0.3, 0.4) is 0 Å². The maximum Gasteiger partial charge on any atom is 0.413 e. The van der Waals surface area contributed by atoms with E-state index in [1.165, 1.54) is 6.07 Å². The first-order valence-corrected chi connectivity index (χ1v) is 6.69. The fourth-order valence-electron chi connectivity index (χ4n) is 1.57. The molecule has 0 atom stereocenters. The maximum atomic E-state index is 13.5. The molecule has 1 aromatic carbocycles. The average Bonchev–Trinajstić information content (AvgIpc) is 2.41. The summed E-state index contributed by atoms with van der Waals surface area (Å²) in [5, 5.41) is 13.0. The molecule has 0 aliphatic heterocycles. The summed E-state index contributed by atoms with van der Waals surface area (Å²) in [6.45, 7) is 5.29. The van der Waals surface area contributed by atoms with Crippen LogP contribution < -0.4 is 10.6 Å². The van der Waals surface area contributed by atoms with Gasteiger partial charge in [0.15, 0.2) is 11.6 Å². The van der Waals surface area contributed by atoms with Crippen LogP contribution in [0.25, 0.3) is 0 Å². The number of nitrogens with zero attached hydrogens (tertiary/aromatic N) is 2. The van der Waals surface area contributed by atoms with Crippen molar-refractivity contribution in [2.45, 2.75) is 26.4 Å². The predicted molar refractivity (Wildman–Crippen MR) is 81.6 cm³/mol. The highest BCUT2D eigenvalue weighted by atomic mass is 19.1. The second-order valence-electron chi connectivity index (χ2n) is 5.54. The third kappa shape index (κ3) is 4.69. The molecule has 0 saturated heterocycles. The summed E-state index contributed by atoms with van der Waals surface area (Å²) in [4.78, 5) is 11.6. The van der Waals surface area contributed by atoms with E-state index in [1.807, 2.05) is 0 Å². The lowest BCUT2D eigenvalue weighted by Crippen LogP contribution is -2.27. The summed E-state index contributed by atoms with van der Waals surface area (Å²) in [5.41, 5.74) is -0.297. The number of carbonyl (C=O) groups excluding carboxylic acids is 1. The second kappa shape index (κ2) is 6.38. The third-order valence-electron chi connectivity index (χ3n) is 2.43. The van der Waals surface area contributed by atoms with Crippen molar-refractivity contribution < 1.29 is 13.9 Å². The van der Waals surface area contributed by atoms with E-state index in [0.29, 0.717) is 11.5 Å². The van der Waals surface area contributed by atoms with Crippen LogP contribution in [0.5, 0.6) is 0 Å². The molecule has 0 fully saturated rings. The number of rotatable bonds is 3. The Morgan fingerprint density at radius 3 is 2.32 bits per heavy atom. The molecule has 2 aromatic rings. The summed E-state index contributed by atoms with van der Waals surface area (Å²) in [5.74, 6) is 0.216. The number of aromatic nitrogens is 2. The van der Waals surface area contributed by atoms with Gasteiger partial charge in [0.1, 0.15) is 11.4 Å². The molecular formula is C15H17FN4O2. The van der Waals surface area contributed by atoms with Gasteiger partial charge >= 0.3 is 6.09 Å². The van der Waals surface area contributed by atoms with Crippen molar-refractivity contribution in [2.24, 2.45) is 0 Å². The molecule has 0 aliphatic carbocycles. The van der Waals surface area contributed by atoms with Crippen molar-refractivity contribution in [1.82, 2.24) is 10.2 Å². The summed E-state index contributed by atoms with van der Waals surface area (Å²) in [7, 11) is 0. The summed E-state index contributed by atoms with van der Waals surface area (Å²) in [6.07, 6.45) is -0.614. The molecule has 0 spiro atoms. The summed E-state index contributed by atoms with van der Waals surface area (Å²) >= 11 is 0. The van der Waals surface area contributed by atoms with Crippen LogP contribution in [-0.2, 0) is 4.74 Å². The fourth-order valence-corrected chi connectivity index (χ4v) is 1.57. The lowest BCUT2D eigenvalue weighted by molar-refractivity contribution is 0.0635. The highest BCUT2D eigenvalue weighted by Crippen LogP contribution is 2.18. The number of hydrogen-bond acceptors (Lipinski definition) is 5. The van der Waals surface area contributed by atoms with Gasteiger partial charge in [-0.15, -0.1) is 10.2 Å². The van der Waals surface area contributed by atoms with Crippen molar-refractivity contribution in [3.8, 4) is 0 Å². The van der Waals surface area contributed by atoms with Crippen LogP contribution in [0.15, 0.2) is 36.4 Å². The zero-order valence-corrected chi connectivity index (χ0v) is 12.6. The number of carbonyl (C=O) groups is 1. The molecule has 0 saturated carbocycles. The van der Waals surface area contributed by atoms with E-state index in [-0.39, 0.29) is 11.6 Å². The van der Waals surface area contributed by atoms with Crippen LogP contribution >= 0.6 is 0 Å². The van der Waals surface area contributed by atoms with Gasteiger partial charge < -0.3 is 10.1 Å². The van der Waals surface area contributed by atoms with Crippen molar-refractivity contribution in [1.29, 1.82) is 0 Å². The Morgan fingerprint density at radius 2 is 1.73 bits per heavy atom. The molecule has 1 heterocycles. The smallest absolute Gasteiger partial charge is 0.413 e. The molecule has 22 heavy (non-hydrogen) atoms. The monoisotopic (exact) mass is 304 g/mol. The van der Waals surface area contributed by atoms with E-state index in [0.717, 1.165) is 0 Å². The van der Waals surface area contributed by atoms with Crippen molar-refractivity contribution in [2.75, 3.05) is 10.6 Å². The Balaban J connectivity index is 1.99. The first-order valence-electron chi connectivity index (χ1n) is 6.69. The Kier molecular flexibility index (Phi) is 4.55. The fraction of sp³-hybridized carbons (Fsp3) is 0.267. The largest absolute Gasteiger partial charge is 0.444 e. The Bertz CT molecular complexity index is 653. The predicted octanol–water partition coefficient (Wildman–Crippen LogP) is 3.71. The van der Waals surface area contributed by atoms with E-state index in [2.05, 4.69) is 20.8 Å². The molecule has 116 valence electrons. The van der Waals surface area contributed by atoms with Gasteiger partial charge in [0, 0.05) is 0 Å². The maximum absolute atomic E-state index is 13.5. The van der Waals surface area contributed by atoms with Gasteiger partial charge in [-0.2, -0.15) is 0 Å². The van der Waals surface area contributed by atoms with Crippen LogP contribution in [0.4, 0.5) is 26.5 Å². The Labute approximate surface area is 127 Å². The number of halogens is 1. The lowest BCUT2D eigenvalue weighted by atomic mass is 10.2. The van der Waals surface area contributed by atoms with Gasteiger partial charge in [0.2, 0.25) is 0 Å². The molecule has 0 aliphatic rings. The number of anilines is 3. The molecule has 6 nitrogen and oxygen atoms in total. The van der Waals surface area contributed by atoms with Crippen molar-refractivity contribution >= 4 is 23.4 Å². The van der Waals surface area contributed by atoms with Gasteiger partial charge in [-0.3, -0.25) is 5.32 Å². The molecule has 1 amide bonds. The number of benzene rings is 1. The Morgan fingerprint density at radius 1 is 1.09 bits per heavy atom. The zero-order valence-electron chi connectivity index (χ0n) is 12.6. The van der Waals surface area contributed by atoms with E-state index in [9.17, 15) is 9.18 Å². The normalized spacial score (nSPS) is 10.9. The van der Waals surface area contributed by atoms with E-state index in [4.69, 9.17) is 4.74 Å².